The van der Waals surface area contributed by atoms with Gasteiger partial charge in [0.1, 0.15) is 0 Å². The third-order valence-electron chi connectivity index (χ3n) is 1.33. The van der Waals surface area contributed by atoms with Crippen LogP contribution in [0.3, 0.4) is 0 Å². The smallest absolute Gasteiger partial charge is 0.205 e. The van der Waals surface area contributed by atoms with Crippen molar-refractivity contribution in [1.82, 2.24) is 0 Å². The highest BCUT2D eigenvalue weighted by molar-refractivity contribution is 5.21. The number of benzene rings is 1. The summed E-state index contributed by atoms with van der Waals surface area (Å²) >= 11 is 0. The van der Waals surface area contributed by atoms with Gasteiger partial charge in [-0.3, -0.25) is 0 Å². The van der Waals surface area contributed by atoms with Gasteiger partial charge in [0.15, 0.2) is 0 Å². The van der Waals surface area contributed by atoms with E-state index in [0.29, 0.717) is 0 Å². The number of rotatable bonds is 1. The SMILES string of the molecule is C=CC.Cc1ccc(C(F)F)cc1. The highest BCUT2D eigenvalue weighted by Gasteiger charge is 2.03. The lowest BCUT2D eigenvalue weighted by Gasteiger charge is -1.97. The van der Waals surface area contributed by atoms with Gasteiger partial charge in [0, 0.05) is 5.56 Å². The minimum atomic E-state index is -2.35. The molecule has 0 saturated carbocycles. The van der Waals surface area contributed by atoms with Crippen molar-refractivity contribution < 1.29 is 8.78 Å². The molecule has 0 N–H and O–H groups in total. The van der Waals surface area contributed by atoms with Crippen LogP contribution in [-0.4, -0.2) is 0 Å². The second kappa shape index (κ2) is 6.35. The second-order valence-electron chi connectivity index (χ2n) is 2.62. The number of allylic oxidation sites excluding steroid dienone is 1. The second-order valence-corrected chi connectivity index (χ2v) is 2.62. The fraction of sp³-hybridized carbons (Fsp3) is 0.273. The van der Waals surface area contributed by atoms with Gasteiger partial charge < -0.3 is 0 Å². The lowest BCUT2D eigenvalue weighted by Crippen LogP contribution is -1.82. The topological polar surface area (TPSA) is 0 Å². The van der Waals surface area contributed by atoms with Crippen LogP contribution >= 0.6 is 0 Å². The molecule has 0 aliphatic heterocycles. The highest BCUT2D eigenvalue weighted by atomic mass is 19.3. The molecule has 0 amide bonds. The van der Waals surface area contributed by atoms with Crippen molar-refractivity contribution >= 4 is 0 Å². The van der Waals surface area contributed by atoms with Gasteiger partial charge in [-0.25, -0.2) is 8.78 Å². The van der Waals surface area contributed by atoms with Crippen LogP contribution < -0.4 is 0 Å². The average Bonchev–Trinajstić information content (AvgIpc) is 2.06. The number of aryl methyl sites for hydroxylation is 1. The number of alkyl halides is 2. The van der Waals surface area contributed by atoms with E-state index >= 15 is 0 Å². The van der Waals surface area contributed by atoms with E-state index in [1.807, 2.05) is 13.8 Å². The Hall–Kier alpha value is -1.18. The van der Waals surface area contributed by atoms with E-state index in [-0.39, 0.29) is 5.56 Å². The third kappa shape index (κ3) is 5.12. The van der Waals surface area contributed by atoms with E-state index in [2.05, 4.69) is 6.58 Å². The van der Waals surface area contributed by atoms with Gasteiger partial charge in [-0.2, -0.15) is 0 Å². The van der Waals surface area contributed by atoms with E-state index in [1.165, 1.54) is 12.1 Å². The van der Waals surface area contributed by atoms with Gasteiger partial charge in [0.2, 0.25) is 0 Å². The summed E-state index contributed by atoms with van der Waals surface area (Å²) in [5.74, 6) is 0. The van der Waals surface area contributed by atoms with Crippen LogP contribution in [0.1, 0.15) is 24.5 Å². The van der Waals surface area contributed by atoms with Crippen LogP contribution in [0.15, 0.2) is 36.9 Å². The number of hydrogen-bond donors (Lipinski definition) is 0. The average molecular weight is 184 g/mol. The molecule has 0 unspecified atom stereocenters. The van der Waals surface area contributed by atoms with E-state index in [4.69, 9.17) is 0 Å². The molecule has 0 spiro atoms. The normalized spacial score (nSPS) is 9.00. The lowest BCUT2D eigenvalue weighted by molar-refractivity contribution is 0.151. The summed E-state index contributed by atoms with van der Waals surface area (Å²) in [5, 5.41) is 0. The molecule has 1 aromatic rings. The summed E-state index contributed by atoms with van der Waals surface area (Å²) in [7, 11) is 0. The van der Waals surface area contributed by atoms with Gasteiger partial charge >= 0.3 is 0 Å². The fourth-order valence-corrected chi connectivity index (χ4v) is 0.712. The van der Waals surface area contributed by atoms with Gasteiger partial charge in [-0.15, -0.1) is 6.58 Å². The lowest BCUT2D eigenvalue weighted by atomic mass is 10.2. The predicted octanol–water partition coefficient (Wildman–Crippen LogP) is 4.12. The summed E-state index contributed by atoms with van der Waals surface area (Å²) in [6.07, 6.45) is -0.597. The van der Waals surface area contributed by atoms with Crippen molar-refractivity contribution in [3.05, 3.63) is 48.0 Å². The molecule has 0 saturated heterocycles. The number of hydrogen-bond acceptors (Lipinski definition) is 0. The van der Waals surface area contributed by atoms with Gasteiger partial charge in [-0.05, 0) is 13.8 Å². The summed E-state index contributed by atoms with van der Waals surface area (Å²) < 4.78 is 23.8. The summed E-state index contributed by atoms with van der Waals surface area (Å²) in [4.78, 5) is 0. The first-order valence-electron chi connectivity index (χ1n) is 4.03. The van der Waals surface area contributed by atoms with Crippen molar-refractivity contribution in [3.63, 3.8) is 0 Å². The van der Waals surface area contributed by atoms with Gasteiger partial charge in [0.25, 0.3) is 6.43 Å². The van der Waals surface area contributed by atoms with Crippen LogP contribution in [0.4, 0.5) is 8.78 Å². The molecule has 0 bridgehead atoms. The molecule has 0 heterocycles. The third-order valence-corrected chi connectivity index (χ3v) is 1.33. The Morgan fingerprint density at radius 1 is 1.23 bits per heavy atom. The Morgan fingerprint density at radius 3 is 1.92 bits per heavy atom. The molecule has 0 nitrogen and oxygen atoms in total. The van der Waals surface area contributed by atoms with Crippen molar-refractivity contribution in [1.29, 1.82) is 0 Å². The Labute approximate surface area is 77.9 Å². The van der Waals surface area contributed by atoms with Crippen LogP contribution in [0.5, 0.6) is 0 Å². The molecule has 0 atom stereocenters. The van der Waals surface area contributed by atoms with Crippen molar-refractivity contribution in [2.75, 3.05) is 0 Å². The summed E-state index contributed by atoms with van der Waals surface area (Å²) in [6, 6.07) is 6.25. The molecule has 72 valence electrons. The largest absolute Gasteiger partial charge is 0.263 e. The minimum Gasteiger partial charge on any atom is -0.205 e. The zero-order chi connectivity index (χ0) is 10.3. The van der Waals surface area contributed by atoms with Crippen LogP contribution in [0.2, 0.25) is 0 Å². The zero-order valence-electron chi connectivity index (χ0n) is 7.93. The maximum Gasteiger partial charge on any atom is 0.263 e. The van der Waals surface area contributed by atoms with E-state index in [0.717, 1.165) is 5.56 Å². The molecule has 2 heteroatoms. The van der Waals surface area contributed by atoms with Crippen molar-refractivity contribution in [2.24, 2.45) is 0 Å². The van der Waals surface area contributed by atoms with Crippen molar-refractivity contribution in [3.8, 4) is 0 Å². The van der Waals surface area contributed by atoms with Crippen LogP contribution in [0.25, 0.3) is 0 Å². The molecular weight excluding hydrogens is 170 g/mol. The molecule has 1 aromatic carbocycles. The Kier molecular flexibility index (Phi) is 5.77. The standard InChI is InChI=1S/C8H8F2.C3H6/c1-6-2-4-7(5-3-6)8(9)10;1-3-2/h2-5,8H,1H3;3H,1H2,2H3. The molecule has 0 aromatic heterocycles. The number of halogens is 2. The Bertz CT molecular complexity index is 237. The maximum absolute atomic E-state index is 11.9. The van der Waals surface area contributed by atoms with Gasteiger partial charge in [0.05, 0.1) is 0 Å². The molecule has 13 heavy (non-hydrogen) atoms. The molecule has 1 rings (SSSR count). The van der Waals surface area contributed by atoms with E-state index < -0.39 is 6.43 Å². The maximum atomic E-state index is 11.9. The first kappa shape index (κ1) is 11.8. The fourth-order valence-electron chi connectivity index (χ4n) is 0.712. The molecule has 0 fully saturated rings. The molecule has 0 aliphatic rings. The Morgan fingerprint density at radius 2 is 1.62 bits per heavy atom. The summed E-state index contributed by atoms with van der Waals surface area (Å²) in [5.41, 5.74) is 1.09. The Balaban J connectivity index is 0.000000424. The van der Waals surface area contributed by atoms with E-state index in [1.54, 1.807) is 18.2 Å². The molecular formula is C11H14F2. The van der Waals surface area contributed by atoms with E-state index in [9.17, 15) is 8.78 Å². The van der Waals surface area contributed by atoms with Crippen LogP contribution in [0, 0.1) is 6.92 Å². The first-order valence-corrected chi connectivity index (χ1v) is 4.03. The quantitative estimate of drug-likeness (QED) is 0.576. The van der Waals surface area contributed by atoms with Crippen LogP contribution in [-0.2, 0) is 0 Å². The highest BCUT2D eigenvalue weighted by Crippen LogP contribution is 2.17. The first-order chi connectivity index (χ1) is 6.11. The molecule has 0 radical (unpaired) electrons. The molecule has 0 aliphatic carbocycles. The van der Waals surface area contributed by atoms with Crippen molar-refractivity contribution in [2.45, 2.75) is 20.3 Å². The van der Waals surface area contributed by atoms with Gasteiger partial charge in [-0.1, -0.05) is 35.9 Å². The zero-order valence-corrected chi connectivity index (χ0v) is 7.93. The minimum absolute atomic E-state index is 0.0885. The monoisotopic (exact) mass is 184 g/mol. The predicted molar refractivity (Wildman–Crippen MR) is 52.0 cm³/mol. The summed E-state index contributed by atoms with van der Waals surface area (Å²) in [6.45, 7) is 7.12.